The van der Waals surface area contributed by atoms with E-state index in [9.17, 15) is 13.2 Å². The van der Waals surface area contributed by atoms with Crippen molar-refractivity contribution in [3.05, 3.63) is 0 Å². The summed E-state index contributed by atoms with van der Waals surface area (Å²) in [5.41, 5.74) is 0. The summed E-state index contributed by atoms with van der Waals surface area (Å²) >= 11 is 3.26. The lowest BCUT2D eigenvalue weighted by Gasteiger charge is -2.10. The molecule has 0 heterocycles. The lowest BCUT2D eigenvalue weighted by molar-refractivity contribution is 0.158. The van der Waals surface area contributed by atoms with Crippen molar-refractivity contribution < 1.29 is 17.9 Å². The number of ether oxygens (including phenoxy) is 1. The van der Waals surface area contributed by atoms with Gasteiger partial charge < -0.3 is 4.74 Å². The maximum absolute atomic E-state index is 11.2. The van der Waals surface area contributed by atoms with E-state index in [0.29, 0.717) is 0 Å². The van der Waals surface area contributed by atoms with Crippen LogP contribution < -0.4 is 9.44 Å². The van der Waals surface area contributed by atoms with Crippen molar-refractivity contribution in [2.45, 2.75) is 25.1 Å². The van der Waals surface area contributed by atoms with Gasteiger partial charge in [-0.05, 0) is 13.3 Å². The third-order valence-electron chi connectivity index (χ3n) is 1.43. The molecule has 8 heteroatoms. The standard InChI is InChI=1S/C7H15BrN2O4S/c1-3-6(8)5-9-15(12,13)10-7(11)14-4-2/h6,9H,3-5H2,1-2H3,(H,10,11). The summed E-state index contributed by atoms with van der Waals surface area (Å²) in [4.78, 5) is 10.8. The highest BCUT2D eigenvalue weighted by Crippen LogP contribution is 2.02. The summed E-state index contributed by atoms with van der Waals surface area (Å²) < 4.78 is 30.7. The molecule has 0 spiro atoms. The molecule has 1 amide bonds. The molecular weight excluding hydrogens is 288 g/mol. The zero-order chi connectivity index (χ0) is 11.9. The highest BCUT2D eigenvalue weighted by molar-refractivity contribution is 9.09. The van der Waals surface area contributed by atoms with Gasteiger partial charge in [0.1, 0.15) is 0 Å². The molecule has 0 aromatic carbocycles. The average molecular weight is 303 g/mol. The number of hydrogen-bond donors (Lipinski definition) is 2. The van der Waals surface area contributed by atoms with Crippen LogP contribution in [0.25, 0.3) is 0 Å². The zero-order valence-electron chi connectivity index (χ0n) is 8.62. The van der Waals surface area contributed by atoms with Crippen molar-refractivity contribution in [2.24, 2.45) is 0 Å². The van der Waals surface area contributed by atoms with Crippen LogP contribution in [-0.2, 0) is 14.9 Å². The summed E-state index contributed by atoms with van der Waals surface area (Å²) in [7, 11) is -3.81. The van der Waals surface area contributed by atoms with Crippen LogP contribution in [-0.4, -0.2) is 32.5 Å². The van der Waals surface area contributed by atoms with Crippen LogP contribution in [0.4, 0.5) is 4.79 Å². The van der Waals surface area contributed by atoms with Gasteiger partial charge in [-0.1, -0.05) is 22.9 Å². The van der Waals surface area contributed by atoms with Crippen molar-refractivity contribution >= 4 is 32.2 Å². The molecule has 0 aliphatic rings. The van der Waals surface area contributed by atoms with Crippen LogP contribution in [0.3, 0.4) is 0 Å². The predicted octanol–water partition coefficient (Wildman–Crippen LogP) is 0.740. The Balaban J connectivity index is 4.03. The van der Waals surface area contributed by atoms with Gasteiger partial charge in [0.25, 0.3) is 0 Å². The van der Waals surface area contributed by atoms with Crippen LogP contribution in [0.1, 0.15) is 20.3 Å². The average Bonchev–Trinajstić information content (AvgIpc) is 2.13. The molecule has 0 aliphatic carbocycles. The van der Waals surface area contributed by atoms with Gasteiger partial charge in [-0.15, -0.1) is 0 Å². The fourth-order valence-electron chi connectivity index (χ4n) is 0.651. The first-order valence-corrected chi connectivity index (χ1v) is 6.89. The summed E-state index contributed by atoms with van der Waals surface area (Å²) in [6.07, 6.45) is -0.199. The van der Waals surface area contributed by atoms with Gasteiger partial charge in [-0.2, -0.15) is 13.1 Å². The lowest BCUT2D eigenvalue weighted by Crippen LogP contribution is -2.42. The van der Waals surface area contributed by atoms with Gasteiger partial charge in [0.15, 0.2) is 0 Å². The summed E-state index contributed by atoms with van der Waals surface area (Å²) in [6, 6.07) is 0. The maximum Gasteiger partial charge on any atom is 0.421 e. The minimum absolute atomic E-state index is 0.0382. The Hall–Kier alpha value is -0.340. The van der Waals surface area contributed by atoms with E-state index in [1.54, 1.807) is 11.6 Å². The Morgan fingerprint density at radius 1 is 1.47 bits per heavy atom. The first-order chi connectivity index (χ1) is 6.91. The molecule has 6 nitrogen and oxygen atoms in total. The van der Waals surface area contributed by atoms with Gasteiger partial charge in [0.2, 0.25) is 0 Å². The molecule has 0 aromatic rings. The van der Waals surface area contributed by atoms with Crippen LogP contribution in [0.5, 0.6) is 0 Å². The molecule has 0 fully saturated rings. The second kappa shape index (κ2) is 7.02. The Morgan fingerprint density at radius 3 is 2.53 bits per heavy atom. The van der Waals surface area contributed by atoms with E-state index in [0.717, 1.165) is 6.42 Å². The Kier molecular flexibility index (Phi) is 6.86. The van der Waals surface area contributed by atoms with E-state index in [2.05, 4.69) is 25.4 Å². The van der Waals surface area contributed by atoms with Gasteiger partial charge in [-0.3, -0.25) is 0 Å². The van der Waals surface area contributed by atoms with Crippen molar-refractivity contribution in [3.8, 4) is 0 Å². The highest BCUT2D eigenvalue weighted by atomic mass is 79.9. The topological polar surface area (TPSA) is 84.5 Å². The molecule has 1 atom stereocenters. The largest absolute Gasteiger partial charge is 0.449 e. The number of nitrogens with one attached hydrogen (secondary N) is 2. The monoisotopic (exact) mass is 302 g/mol. The molecule has 2 N–H and O–H groups in total. The predicted molar refractivity (Wildman–Crippen MR) is 60.1 cm³/mol. The molecule has 1 unspecified atom stereocenters. The molecular formula is C7H15BrN2O4S. The number of carbonyl (C=O) groups is 1. The van der Waals surface area contributed by atoms with E-state index < -0.39 is 16.3 Å². The highest BCUT2D eigenvalue weighted by Gasteiger charge is 2.15. The minimum Gasteiger partial charge on any atom is -0.449 e. The lowest BCUT2D eigenvalue weighted by atomic mass is 10.3. The van der Waals surface area contributed by atoms with E-state index in [1.165, 1.54) is 0 Å². The molecule has 0 aliphatic heterocycles. The Morgan fingerprint density at radius 2 is 2.07 bits per heavy atom. The van der Waals surface area contributed by atoms with Crippen molar-refractivity contribution in [1.82, 2.24) is 9.44 Å². The summed E-state index contributed by atoms with van der Waals surface area (Å²) in [5.74, 6) is 0. The number of carbonyl (C=O) groups excluding carboxylic acids is 1. The Labute approximate surface area is 98.1 Å². The van der Waals surface area contributed by atoms with Crippen LogP contribution in [0, 0.1) is 0 Å². The first kappa shape index (κ1) is 14.7. The van der Waals surface area contributed by atoms with E-state index in [4.69, 9.17) is 0 Å². The number of halogens is 1. The van der Waals surface area contributed by atoms with E-state index >= 15 is 0 Å². The molecule has 0 radical (unpaired) electrons. The fourth-order valence-corrected chi connectivity index (χ4v) is 1.80. The smallest absolute Gasteiger partial charge is 0.421 e. The molecule has 0 saturated carbocycles. The van der Waals surface area contributed by atoms with E-state index in [-0.39, 0.29) is 18.0 Å². The van der Waals surface area contributed by atoms with Gasteiger partial charge >= 0.3 is 16.3 Å². The second-order valence-corrected chi connectivity index (χ2v) is 5.47. The van der Waals surface area contributed by atoms with Crippen LogP contribution in [0.2, 0.25) is 0 Å². The number of amides is 1. The second-order valence-electron chi connectivity index (χ2n) is 2.68. The maximum atomic E-state index is 11.2. The Bertz CT molecular complexity index is 293. The van der Waals surface area contributed by atoms with E-state index in [1.807, 2.05) is 6.92 Å². The third-order valence-corrected chi connectivity index (χ3v) is 3.38. The van der Waals surface area contributed by atoms with Crippen LogP contribution >= 0.6 is 15.9 Å². The normalized spacial score (nSPS) is 13.3. The van der Waals surface area contributed by atoms with Gasteiger partial charge in [0.05, 0.1) is 6.61 Å². The number of hydrogen-bond acceptors (Lipinski definition) is 4. The van der Waals surface area contributed by atoms with Crippen LogP contribution in [0.15, 0.2) is 0 Å². The minimum atomic E-state index is -3.81. The number of alkyl halides is 1. The van der Waals surface area contributed by atoms with Crippen molar-refractivity contribution in [3.63, 3.8) is 0 Å². The molecule has 0 rings (SSSR count). The quantitative estimate of drug-likeness (QED) is 0.709. The molecule has 0 aromatic heterocycles. The molecule has 15 heavy (non-hydrogen) atoms. The summed E-state index contributed by atoms with van der Waals surface area (Å²) in [6.45, 7) is 3.83. The van der Waals surface area contributed by atoms with Crippen molar-refractivity contribution in [2.75, 3.05) is 13.2 Å². The molecule has 90 valence electrons. The zero-order valence-corrected chi connectivity index (χ0v) is 11.0. The summed E-state index contributed by atoms with van der Waals surface area (Å²) in [5, 5.41) is 0. The SMILES string of the molecule is CCOC(=O)NS(=O)(=O)NCC(Br)CC. The van der Waals surface area contributed by atoms with Crippen molar-refractivity contribution in [1.29, 1.82) is 0 Å². The van der Waals surface area contributed by atoms with Gasteiger partial charge in [0, 0.05) is 11.4 Å². The third kappa shape index (κ3) is 7.57. The van der Waals surface area contributed by atoms with Gasteiger partial charge in [-0.25, -0.2) is 9.52 Å². The fraction of sp³-hybridized carbons (Fsp3) is 0.857. The number of rotatable bonds is 6. The first-order valence-electron chi connectivity index (χ1n) is 4.49. The molecule has 0 saturated heterocycles. The molecule has 0 bridgehead atoms.